The molecule has 0 aliphatic heterocycles. The Morgan fingerprint density at radius 1 is 1.19 bits per heavy atom. The van der Waals surface area contributed by atoms with Gasteiger partial charge in [0.2, 0.25) is 0 Å². The van der Waals surface area contributed by atoms with Gasteiger partial charge in [0.15, 0.2) is 11.9 Å². The summed E-state index contributed by atoms with van der Waals surface area (Å²) < 4.78 is 36.3. The number of pyridine rings is 1. The van der Waals surface area contributed by atoms with Gasteiger partial charge in [0.25, 0.3) is 0 Å². The van der Waals surface area contributed by atoms with Crippen molar-refractivity contribution in [3.05, 3.63) is 30.1 Å². The van der Waals surface area contributed by atoms with Gasteiger partial charge in [0.05, 0.1) is 0 Å². The number of rotatable bonds is 3. The molecule has 1 aromatic heterocycles. The highest BCUT2D eigenvalue weighted by molar-refractivity contribution is 4.93. The molecule has 0 saturated heterocycles. The van der Waals surface area contributed by atoms with E-state index in [9.17, 15) is 0 Å². The number of aromatic nitrogens is 1. The summed E-state index contributed by atoms with van der Waals surface area (Å²) in [5.74, 6) is 0. The van der Waals surface area contributed by atoms with Crippen LogP contribution in [0.15, 0.2) is 24.4 Å². The third-order valence-corrected chi connectivity index (χ3v) is 1.92. The van der Waals surface area contributed by atoms with Crippen molar-refractivity contribution in [3.63, 3.8) is 0 Å². The van der Waals surface area contributed by atoms with Crippen LogP contribution < -0.4 is 23.2 Å². The maximum absolute atomic E-state index is 8.49. The number of aryl methyl sites for hydroxylation is 2. The summed E-state index contributed by atoms with van der Waals surface area (Å²) in [6.45, 7) is 5.53. The van der Waals surface area contributed by atoms with E-state index in [0.717, 1.165) is 6.54 Å². The largest absolute Gasteiger partial charge is 0.222 e. The zero-order valence-electron chi connectivity index (χ0n) is 9.39. The van der Waals surface area contributed by atoms with Crippen molar-refractivity contribution in [2.24, 2.45) is 0 Å². The van der Waals surface area contributed by atoms with Gasteiger partial charge in [0.1, 0.15) is 6.54 Å². The van der Waals surface area contributed by atoms with Gasteiger partial charge in [-0.3, -0.25) is 0 Å². The molecule has 0 aliphatic rings. The number of halogens is 1. The summed E-state index contributed by atoms with van der Waals surface area (Å²) in [5, 5.41) is 0. The Balaban J connectivity index is 0.000000385. The number of hydrogen-bond donors (Lipinski definition) is 0. The first-order valence-corrected chi connectivity index (χ1v) is 6.15. The molecule has 5 nitrogen and oxygen atoms in total. The van der Waals surface area contributed by atoms with Gasteiger partial charge in [-0.2, -0.15) is 0 Å². The van der Waals surface area contributed by atoms with E-state index in [4.69, 9.17) is 18.6 Å². The molecule has 0 bridgehead atoms. The molecule has 6 heteroatoms. The van der Waals surface area contributed by atoms with Crippen LogP contribution in [0.4, 0.5) is 0 Å². The Morgan fingerprint density at radius 3 is 2.19 bits per heavy atom. The minimum atomic E-state index is -4.94. The third kappa shape index (κ3) is 9.82. The average Bonchev–Trinajstić information content (AvgIpc) is 2.14. The lowest BCUT2D eigenvalue weighted by Gasteiger charge is -2.17. The second-order valence-electron chi connectivity index (χ2n) is 3.27. The molecule has 16 heavy (non-hydrogen) atoms. The molecule has 0 saturated carbocycles. The lowest BCUT2D eigenvalue weighted by molar-refractivity contribution is -2.00. The van der Waals surface area contributed by atoms with Crippen molar-refractivity contribution in [1.29, 1.82) is 0 Å². The summed E-state index contributed by atoms with van der Waals surface area (Å²) in [5.41, 5.74) is 1.35. The van der Waals surface area contributed by atoms with Crippen LogP contribution in [0.1, 0.15) is 25.5 Å². The van der Waals surface area contributed by atoms with Crippen LogP contribution in [0.3, 0.4) is 0 Å². The fourth-order valence-electron chi connectivity index (χ4n) is 1.14. The maximum Gasteiger partial charge on any atom is 0.178 e. The molecule has 1 aromatic rings. The van der Waals surface area contributed by atoms with Crippen LogP contribution in [0, 0.1) is 17.2 Å². The minimum absolute atomic E-state index is 1.16. The molecule has 0 amide bonds. The highest BCUT2D eigenvalue weighted by Gasteiger charge is 2.01. The van der Waals surface area contributed by atoms with Crippen molar-refractivity contribution in [2.75, 3.05) is 0 Å². The molecule has 0 aromatic carbocycles. The van der Waals surface area contributed by atoms with E-state index in [-0.39, 0.29) is 0 Å². The molecule has 0 atom stereocenters. The van der Waals surface area contributed by atoms with Crippen LogP contribution in [-0.2, 0) is 6.54 Å². The molecule has 0 fully saturated rings. The van der Waals surface area contributed by atoms with Gasteiger partial charge in [-0.25, -0.2) is 23.2 Å². The topological polar surface area (TPSA) is 96.1 Å². The fraction of sp³-hybridized carbons (Fsp3) is 0.500. The second-order valence-corrected chi connectivity index (χ2v) is 4.02. The Morgan fingerprint density at radius 2 is 1.75 bits per heavy atom. The van der Waals surface area contributed by atoms with Gasteiger partial charge in [-0.05, 0) is 0 Å². The average molecular weight is 250 g/mol. The van der Waals surface area contributed by atoms with Crippen LogP contribution in [0.25, 0.3) is 0 Å². The number of unbranched alkanes of at least 4 members (excludes halogenated alkanes) is 1. The molecular weight excluding hydrogens is 234 g/mol. The molecule has 1 heterocycles. The van der Waals surface area contributed by atoms with E-state index in [2.05, 4.69) is 42.8 Å². The molecule has 0 radical (unpaired) electrons. The highest BCUT2D eigenvalue weighted by atomic mass is 35.7. The SMILES string of the molecule is CCCC[n+]1ccccc1C.[O-][Cl+3]([O-])([O-])[O-]. The van der Waals surface area contributed by atoms with Crippen LogP contribution in [0.5, 0.6) is 0 Å². The molecule has 0 unspecified atom stereocenters. The first-order valence-electron chi connectivity index (χ1n) is 4.91. The molecule has 0 N–H and O–H groups in total. The van der Waals surface area contributed by atoms with Crippen molar-refractivity contribution in [1.82, 2.24) is 0 Å². The first kappa shape index (κ1) is 15.3. The summed E-state index contributed by atoms with van der Waals surface area (Å²) >= 11 is 0. The van der Waals surface area contributed by atoms with E-state index < -0.39 is 10.2 Å². The molecule has 0 spiro atoms. The maximum atomic E-state index is 8.49. The lowest BCUT2D eigenvalue weighted by Crippen LogP contribution is -2.68. The fourth-order valence-corrected chi connectivity index (χ4v) is 1.14. The van der Waals surface area contributed by atoms with Crippen LogP contribution in [0.2, 0.25) is 0 Å². The van der Waals surface area contributed by atoms with Crippen molar-refractivity contribution < 1.29 is 33.4 Å². The Labute approximate surface area is 97.3 Å². The molecular formula is C10H16ClNO4. The van der Waals surface area contributed by atoms with E-state index >= 15 is 0 Å². The number of nitrogens with zero attached hydrogens (tertiary/aromatic N) is 1. The van der Waals surface area contributed by atoms with E-state index in [1.807, 2.05) is 0 Å². The van der Waals surface area contributed by atoms with Crippen LogP contribution >= 0.6 is 0 Å². The zero-order chi connectivity index (χ0) is 12.6. The van der Waals surface area contributed by atoms with Crippen molar-refractivity contribution >= 4 is 0 Å². The predicted molar refractivity (Wildman–Crippen MR) is 46.3 cm³/mol. The summed E-state index contributed by atoms with van der Waals surface area (Å²) in [4.78, 5) is 0. The summed E-state index contributed by atoms with van der Waals surface area (Å²) in [6.07, 6.45) is 4.68. The zero-order valence-corrected chi connectivity index (χ0v) is 10.1. The van der Waals surface area contributed by atoms with Crippen LogP contribution in [-0.4, -0.2) is 0 Å². The summed E-state index contributed by atoms with van der Waals surface area (Å²) in [6, 6.07) is 6.32. The van der Waals surface area contributed by atoms with Gasteiger partial charge in [-0.15, -0.1) is 10.2 Å². The monoisotopic (exact) mass is 249 g/mol. The molecule has 92 valence electrons. The standard InChI is InChI=1S/C10H16N.ClHO4/c1-3-4-8-11-9-6-5-7-10(11)2;2-1(3,4)5/h5-7,9H,3-4,8H2,1-2H3;(H,2,3,4,5)/q+1;/p-1. The van der Waals surface area contributed by atoms with E-state index in [1.165, 1.54) is 18.5 Å². The van der Waals surface area contributed by atoms with E-state index in [1.54, 1.807) is 0 Å². The van der Waals surface area contributed by atoms with Crippen molar-refractivity contribution in [3.8, 4) is 0 Å². The van der Waals surface area contributed by atoms with Gasteiger partial charge in [-0.1, -0.05) is 19.4 Å². The third-order valence-electron chi connectivity index (χ3n) is 1.92. The number of hydrogen-bond acceptors (Lipinski definition) is 4. The normalized spacial score (nSPS) is 10.6. The Bertz CT molecular complexity index is 295. The summed E-state index contributed by atoms with van der Waals surface area (Å²) in [7, 11) is -4.94. The smallest absolute Gasteiger partial charge is 0.178 e. The van der Waals surface area contributed by atoms with E-state index in [0.29, 0.717) is 0 Å². The minimum Gasteiger partial charge on any atom is -0.222 e. The van der Waals surface area contributed by atoms with Gasteiger partial charge in [0, 0.05) is 25.5 Å². The predicted octanol–water partition coefficient (Wildman–Crippen LogP) is -2.67. The lowest BCUT2D eigenvalue weighted by atomic mass is 10.3. The molecule has 1 rings (SSSR count). The van der Waals surface area contributed by atoms with Gasteiger partial charge >= 0.3 is 0 Å². The second kappa shape index (κ2) is 7.54. The quantitative estimate of drug-likeness (QED) is 0.546. The molecule has 0 aliphatic carbocycles. The Kier molecular flexibility index (Phi) is 7.20. The Hall–Kier alpha value is -0.720. The van der Waals surface area contributed by atoms with Crippen molar-refractivity contribution in [2.45, 2.75) is 33.2 Å². The highest BCUT2D eigenvalue weighted by Crippen LogP contribution is 1.91. The first-order chi connectivity index (χ1) is 7.34. The van der Waals surface area contributed by atoms with Gasteiger partial charge < -0.3 is 0 Å².